The van der Waals surface area contributed by atoms with Crippen molar-refractivity contribution >= 4 is 27.8 Å². The molecular weight excluding hydrogens is 451 g/mol. The van der Waals surface area contributed by atoms with E-state index in [1.54, 1.807) is 41.1 Å². The molecule has 1 aliphatic heterocycles. The third kappa shape index (κ3) is 3.39. The zero-order valence-electron chi connectivity index (χ0n) is 18.5. The summed E-state index contributed by atoms with van der Waals surface area (Å²) in [6, 6.07) is 13.4. The van der Waals surface area contributed by atoms with E-state index in [0.717, 1.165) is 22.5 Å². The Bertz CT molecular complexity index is 1580. The summed E-state index contributed by atoms with van der Waals surface area (Å²) in [6.07, 6.45) is 3.44. The topological polar surface area (TPSA) is 113 Å². The monoisotopic (exact) mass is 472 g/mol. The largest absolute Gasteiger partial charge is 0.478 e. The highest BCUT2D eigenvalue weighted by Gasteiger charge is 2.40. The van der Waals surface area contributed by atoms with Crippen LogP contribution < -0.4 is 0 Å². The SMILES string of the molecule is O=C(O)c1ccccc1-c1c(C2(O)CCOCC2)n(-c2ccc(F)cn2)c2cc3cn[nH]c3cc12. The first-order valence-electron chi connectivity index (χ1n) is 11.2. The van der Waals surface area contributed by atoms with E-state index in [2.05, 4.69) is 15.2 Å². The Kier molecular flexibility index (Phi) is 4.91. The number of rotatable bonds is 4. The third-order valence-electron chi connectivity index (χ3n) is 6.66. The van der Waals surface area contributed by atoms with Gasteiger partial charge in [0.05, 0.1) is 34.7 Å². The predicted octanol–water partition coefficient (Wildman–Crippen LogP) is 4.40. The van der Waals surface area contributed by atoms with Crippen molar-refractivity contribution in [3.8, 4) is 16.9 Å². The molecule has 8 nitrogen and oxygen atoms in total. The maximum Gasteiger partial charge on any atom is 0.336 e. The number of hydrogen-bond donors (Lipinski definition) is 3. The molecule has 0 atom stereocenters. The minimum Gasteiger partial charge on any atom is -0.478 e. The lowest BCUT2D eigenvalue weighted by Crippen LogP contribution is -2.36. The number of benzene rings is 2. The van der Waals surface area contributed by atoms with Gasteiger partial charge in [-0.15, -0.1) is 0 Å². The first kappa shape index (κ1) is 21.5. The highest BCUT2D eigenvalue weighted by atomic mass is 19.1. The van der Waals surface area contributed by atoms with Gasteiger partial charge in [-0.2, -0.15) is 5.10 Å². The average Bonchev–Trinajstić information content (AvgIpc) is 3.45. The normalized spacial score (nSPS) is 15.6. The molecule has 0 radical (unpaired) electrons. The molecule has 2 aromatic carbocycles. The Morgan fingerprint density at radius 3 is 2.66 bits per heavy atom. The molecule has 0 amide bonds. The summed E-state index contributed by atoms with van der Waals surface area (Å²) >= 11 is 0. The van der Waals surface area contributed by atoms with Gasteiger partial charge >= 0.3 is 5.97 Å². The molecule has 0 saturated carbocycles. The number of aliphatic hydroxyl groups is 1. The molecule has 3 aromatic heterocycles. The lowest BCUT2D eigenvalue weighted by Gasteiger charge is -2.34. The number of carboxylic acids is 1. The van der Waals surface area contributed by atoms with Crippen LogP contribution in [0.5, 0.6) is 0 Å². The zero-order valence-corrected chi connectivity index (χ0v) is 18.5. The third-order valence-corrected chi connectivity index (χ3v) is 6.66. The Morgan fingerprint density at radius 2 is 1.91 bits per heavy atom. The molecule has 5 aromatic rings. The standard InChI is InChI=1S/C26H21FN4O4/c27-16-5-6-22(28-14-16)31-21-11-15-13-29-30-20(15)12-19(21)23(17-3-1-2-4-18(17)25(32)33)24(31)26(34)7-9-35-10-8-26/h1-6,11-14,34H,7-10H2,(H,29,30)(H,32,33). The minimum atomic E-state index is -1.33. The number of halogens is 1. The smallest absolute Gasteiger partial charge is 0.336 e. The number of pyridine rings is 1. The van der Waals surface area contributed by atoms with Gasteiger partial charge in [0.1, 0.15) is 17.2 Å². The first-order valence-corrected chi connectivity index (χ1v) is 11.2. The molecule has 1 fully saturated rings. The number of aromatic carboxylic acids is 1. The van der Waals surface area contributed by atoms with Gasteiger partial charge in [-0.1, -0.05) is 18.2 Å². The molecule has 4 heterocycles. The second-order valence-corrected chi connectivity index (χ2v) is 8.71. The van der Waals surface area contributed by atoms with Gasteiger partial charge < -0.3 is 14.9 Å². The number of hydrogen-bond acceptors (Lipinski definition) is 5. The molecule has 9 heteroatoms. The van der Waals surface area contributed by atoms with E-state index in [4.69, 9.17) is 4.74 Å². The number of aromatic amines is 1. The Balaban J connectivity index is 1.81. The quantitative estimate of drug-likeness (QED) is 0.357. The maximum absolute atomic E-state index is 13.8. The van der Waals surface area contributed by atoms with Crippen LogP contribution in [0.25, 0.3) is 38.8 Å². The average molecular weight is 472 g/mol. The molecule has 0 spiro atoms. The van der Waals surface area contributed by atoms with E-state index in [9.17, 15) is 19.4 Å². The molecule has 1 saturated heterocycles. The van der Waals surface area contributed by atoms with E-state index in [-0.39, 0.29) is 5.56 Å². The van der Waals surface area contributed by atoms with Gasteiger partial charge in [0.15, 0.2) is 0 Å². The summed E-state index contributed by atoms with van der Waals surface area (Å²) in [5.74, 6) is -1.15. The van der Waals surface area contributed by atoms with Crippen LogP contribution in [0.4, 0.5) is 4.39 Å². The number of H-pyrrole nitrogens is 1. The Hall–Kier alpha value is -4.08. The van der Waals surface area contributed by atoms with Crippen LogP contribution in [-0.2, 0) is 10.3 Å². The predicted molar refractivity (Wildman–Crippen MR) is 127 cm³/mol. The molecule has 3 N–H and O–H groups in total. The second-order valence-electron chi connectivity index (χ2n) is 8.71. The number of nitrogens with one attached hydrogen (secondary N) is 1. The first-order chi connectivity index (χ1) is 17.0. The molecule has 0 aliphatic carbocycles. The molecule has 35 heavy (non-hydrogen) atoms. The van der Waals surface area contributed by atoms with Gasteiger partial charge in [-0.25, -0.2) is 14.2 Å². The number of fused-ring (bicyclic) bond motifs is 2. The van der Waals surface area contributed by atoms with Crippen molar-refractivity contribution in [1.82, 2.24) is 19.7 Å². The van der Waals surface area contributed by atoms with Gasteiger partial charge in [0.2, 0.25) is 0 Å². The van der Waals surface area contributed by atoms with Crippen LogP contribution in [-0.4, -0.2) is 49.1 Å². The van der Waals surface area contributed by atoms with Crippen molar-refractivity contribution < 1.29 is 24.1 Å². The van der Waals surface area contributed by atoms with Crippen LogP contribution in [0, 0.1) is 5.82 Å². The molecule has 0 bridgehead atoms. The number of aromatic nitrogens is 4. The van der Waals surface area contributed by atoms with E-state index >= 15 is 0 Å². The van der Waals surface area contributed by atoms with Crippen molar-refractivity contribution in [2.75, 3.05) is 13.2 Å². The highest BCUT2D eigenvalue weighted by molar-refractivity contribution is 6.09. The summed E-state index contributed by atoms with van der Waals surface area (Å²) in [6.45, 7) is 0.694. The lowest BCUT2D eigenvalue weighted by molar-refractivity contribution is -0.0709. The molecular formula is C26H21FN4O4. The summed E-state index contributed by atoms with van der Waals surface area (Å²) in [5, 5.41) is 30.7. The summed E-state index contributed by atoms with van der Waals surface area (Å²) in [5.41, 5.74) is 1.80. The van der Waals surface area contributed by atoms with Crippen molar-refractivity contribution in [2.24, 2.45) is 0 Å². The fourth-order valence-electron chi connectivity index (χ4n) is 5.01. The van der Waals surface area contributed by atoms with E-state index in [0.29, 0.717) is 54.2 Å². The number of ether oxygens (including phenoxy) is 1. The van der Waals surface area contributed by atoms with Crippen LogP contribution in [0.3, 0.4) is 0 Å². The van der Waals surface area contributed by atoms with Crippen LogP contribution in [0.1, 0.15) is 28.9 Å². The number of carboxylic acid groups (broad SMARTS) is 1. The van der Waals surface area contributed by atoms with E-state index in [1.165, 1.54) is 6.07 Å². The lowest BCUT2D eigenvalue weighted by atomic mass is 9.84. The number of carbonyl (C=O) groups is 1. The molecule has 6 rings (SSSR count). The van der Waals surface area contributed by atoms with Gasteiger partial charge in [0, 0.05) is 42.4 Å². The number of nitrogens with zero attached hydrogens (tertiary/aromatic N) is 3. The van der Waals surface area contributed by atoms with Crippen LogP contribution in [0.2, 0.25) is 0 Å². The van der Waals surface area contributed by atoms with E-state index < -0.39 is 17.4 Å². The maximum atomic E-state index is 13.8. The fourth-order valence-corrected chi connectivity index (χ4v) is 5.01. The van der Waals surface area contributed by atoms with Gasteiger partial charge in [-0.3, -0.25) is 9.67 Å². The Morgan fingerprint density at radius 1 is 1.11 bits per heavy atom. The summed E-state index contributed by atoms with van der Waals surface area (Å²) < 4.78 is 21.2. The van der Waals surface area contributed by atoms with E-state index in [1.807, 2.05) is 12.1 Å². The molecule has 0 unspecified atom stereocenters. The van der Waals surface area contributed by atoms with Gasteiger partial charge in [-0.05, 0) is 35.9 Å². The fraction of sp³-hybridized carbons (Fsp3) is 0.192. The van der Waals surface area contributed by atoms with Crippen LogP contribution >= 0.6 is 0 Å². The van der Waals surface area contributed by atoms with Crippen molar-refractivity contribution in [1.29, 1.82) is 0 Å². The Labute approximate surface area is 198 Å². The summed E-state index contributed by atoms with van der Waals surface area (Å²) in [4.78, 5) is 16.5. The minimum absolute atomic E-state index is 0.111. The van der Waals surface area contributed by atoms with Crippen molar-refractivity contribution in [2.45, 2.75) is 18.4 Å². The molecule has 1 aliphatic rings. The van der Waals surface area contributed by atoms with Gasteiger partial charge in [0.25, 0.3) is 0 Å². The molecule has 176 valence electrons. The summed E-state index contributed by atoms with van der Waals surface area (Å²) in [7, 11) is 0. The second kappa shape index (κ2) is 8.00. The van der Waals surface area contributed by atoms with Crippen molar-refractivity contribution in [3.63, 3.8) is 0 Å². The highest BCUT2D eigenvalue weighted by Crippen LogP contribution is 2.46. The van der Waals surface area contributed by atoms with Crippen molar-refractivity contribution in [3.05, 3.63) is 78.0 Å². The zero-order chi connectivity index (χ0) is 24.2. The van der Waals surface area contributed by atoms with Crippen LogP contribution in [0.15, 0.2) is 60.9 Å².